The SMILES string of the molecule is CNS(=O)(=O)CCNC(=O)c1cc(C(F)(F)F)ccc1Br. The number of hydrogen-bond donors (Lipinski definition) is 2. The Hall–Kier alpha value is -1.13. The van der Waals surface area contributed by atoms with E-state index in [-0.39, 0.29) is 22.3 Å². The zero-order valence-electron chi connectivity index (χ0n) is 10.8. The highest BCUT2D eigenvalue weighted by Crippen LogP contribution is 2.31. The molecule has 0 heterocycles. The topological polar surface area (TPSA) is 75.3 Å². The lowest BCUT2D eigenvalue weighted by molar-refractivity contribution is -0.137. The van der Waals surface area contributed by atoms with Crippen molar-refractivity contribution in [2.45, 2.75) is 6.18 Å². The minimum Gasteiger partial charge on any atom is -0.351 e. The van der Waals surface area contributed by atoms with E-state index in [1.807, 2.05) is 0 Å². The third kappa shape index (κ3) is 5.29. The van der Waals surface area contributed by atoms with Crippen LogP contribution in [0.2, 0.25) is 0 Å². The van der Waals surface area contributed by atoms with E-state index in [1.54, 1.807) is 0 Å². The Kier molecular flexibility index (Phi) is 5.76. The van der Waals surface area contributed by atoms with Crippen LogP contribution in [-0.4, -0.2) is 33.7 Å². The molecule has 5 nitrogen and oxygen atoms in total. The molecule has 1 aromatic rings. The first-order chi connectivity index (χ1) is 9.57. The molecule has 0 atom stereocenters. The van der Waals surface area contributed by atoms with Gasteiger partial charge in [-0.1, -0.05) is 0 Å². The summed E-state index contributed by atoms with van der Waals surface area (Å²) in [6.07, 6.45) is -4.56. The molecule has 2 N–H and O–H groups in total. The maximum absolute atomic E-state index is 12.6. The van der Waals surface area contributed by atoms with Gasteiger partial charge in [-0.2, -0.15) is 13.2 Å². The zero-order chi connectivity index (χ0) is 16.3. The van der Waals surface area contributed by atoms with Crippen LogP contribution in [0.15, 0.2) is 22.7 Å². The van der Waals surface area contributed by atoms with Crippen molar-refractivity contribution in [3.8, 4) is 0 Å². The maximum Gasteiger partial charge on any atom is 0.416 e. The Morgan fingerprint density at radius 2 is 1.95 bits per heavy atom. The Labute approximate surface area is 128 Å². The first-order valence-corrected chi connectivity index (χ1v) is 8.07. The number of halogens is 4. The van der Waals surface area contributed by atoms with E-state index in [2.05, 4.69) is 26.0 Å². The van der Waals surface area contributed by atoms with E-state index in [0.717, 1.165) is 12.1 Å². The summed E-state index contributed by atoms with van der Waals surface area (Å²) in [6, 6.07) is 2.65. The van der Waals surface area contributed by atoms with E-state index < -0.39 is 27.7 Å². The highest BCUT2D eigenvalue weighted by Gasteiger charge is 2.31. The molecule has 0 bridgehead atoms. The van der Waals surface area contributed by atoms with Crippen LogP contribution in [-0.2, 0) is 16.2 Å². The number of alkyl halides is 3. The lowest BCUT2D eigenvalue weighted by atomic mass is 10.1. The van der Waals surface area contributed by atoms with Gasteiger partial charge in [0.2, 0.25) is 10.0 Å². The molecule has 1 aromatic carbocycles. The van der Waals surface area contributed by atoms with E-state index >= 15 is 0 Å². The standard InChI is InChI=1S/C11H12BrF3N2O3S/c1-16-21(19,20)5-4-17-10(18)8-6-7(11(13,14)15)2-3-9(8)12/h2-3,6,16H,4-5H2,1H3,(H,17,18). The van der Waals surface area contributed by atoms with Gasteiger partial charge in [-0.05, 0) is 41.2 Å². The van der Waals surface area contributed by atoms with Gasteiger partial charge in [0.1, 0.15) is 0 Å². The van der Waals surface area contributed by atoms with Crippen molar-refractivity contribution in [1.82, 2.24) is 10.0 Å². The summed E-state index contributed by atoms with van der Waals surface area (Å²) in [7, 11) is -2.27. The summed E-state index contributed by atoms with van der Waals surface area (Å²) < 4.78 is 62.3. The van der Waals surface area contributed by atoms with E-state index in [0.29, 0.717) is 6.07 Å². The van der Waals surface area contributed by atoms with Crippen molar-refractivity contribution in [3.05, 3.63) is 33.8 Å². The zero-order valence-corrected chi connectivity index (χ0v) is 13.2. The molecule has 1 amide bonds. The number of benzene rings is 1. The third-order valence-electron chi connectivity index (χ3n) is 2.51. The van der Waals surface area contributed by atoms with Gasteiger partial charge in [-0.3, -0.25) is 4.79 Å². The number of hydrogen-bond acceptors (Lipinski definition) is 3. The quantitative estimate of drug-likeness (QED) is 0.806. The van der Waals surface area contributed by atoms with Crippen molar-refractivity contribution in [2.24, 2.45) is 0 Å². The molecule has 0 saturated carbocycles. The van der Waals surface area contributed by atoms with Crippen LogP contribution in [0.1, 0.15) is 15.9 Å². The molecular formula is C11H12BrF3N2O3S. The van der Waals surface area contributed by atoms with Crippen molar-refractivity contribution in [1.29, 1.82) is 0 Å². The fourth-order valence-corrected chi connectivity index (χ4v) is 2.37. The molecular weight excluding hydrogens is 377 g/mol. The fraction of sp³-hybridized carbons (Fsp3) is 0.364. The number of sulfonamides is 1. The van der Waals surface area contributed by atoms with Crippen molar-refractivity contribution in [2.75, 3.05) is 19.3 Å². The van der Waals surface area contributed by atoms with Gasteiger partial charge in [-0.25, -0.2) is 13.1 Å². The highest BCUT2D eigenvalue weighted by atomic mass is 79.9. The molecule has 0 fully saturated rings. The predicted octanol–water partition coefficient (Wildman–Crippen LogP) is 1.75. The molecule has 0 aliphatic carbocycles. The minimum atomic E-state index is -4.56. The van der Waals surface area contributed by atoms with Crippen LogP contribution < -0.4 is 10.0 Å². The second kappa shape index (κ2) is 6.75. The smallest absolute Gasteiger partial charge is 0.351 e. The van der Waals surface area contributed by atoms with Crippen molar-refractivity contribution in [3.63, 3.8) is 0 Å². The molecule has 0 aliphatic heterocycles. The molecule has 0 aliphatic rings. The van der Waals surface area contributed by atoms with E-state index in [4.69, 9.17) is 0 Å². The first kappa shape index (κ1) is 17.9. The third-order valence-corrected chi connectivity index (χ3v) is 4.56. The summed E-state index contributed by atoms with van der Waals surface area (Å²) >= 11 is 2.98. The second-order valence-electron chi connectivity index (χ2n) is 3.97. The summed E-state index contributed by atoms with van der Waals surface area (Å²) in [6.45, 7) is -0.218. The monoisotopic (exact) mass is 388 g/mol. The van der Waals surface area contributed by atoms with Crippen LogP contribution in [0.5, 0.6) is 0 Å². The lowest BCUT2D eigenvalue weighted by Crippen LogP contribution is -2.33. The normalized spacial score (nSPS) is 12.2. The predicted molar refractivity (Wildman–Crippen MR) is 74.3 cm³/mol. The van der Waals surface area contributed by atoms with E-state index in [1.165, 1.54) is 7.05 Å². The highest BCUT2D eigenvalue weighted by molar-refractivity contribution is 9.10. The number of carbonyl (C=O) groups excluding carboxylic acids is 1. The molecule has 0 radical (unpaired) electrons. The largest absolute Gasteiger partial charge is 0.416 e. The molecule has 0 aromatic heterocycles. The summed E-state index contributed by atoms with van der Waals surface area (Å²) in [5, 5.41) is 2.25. The first-order valence-electron chi connectivity index (χ1n) is 5.63. The molecule has 0 unspecified atom stereocenters. The van der Waals surface area contributed by atoms with Gasteiger partial charge in [0.05, 0.1) is 16.9 Å². The van der Waals surface area contributed by atoms with Gasteiger partial charge in [0.25, 0.3) is 5.91 Å². The van der Waals surface area contributed by atoms with Crippen LogP contribution in [0.3, 0.4) is 0 Å². The van der Waals surface area contributed by atoms with Crippen LogP contribution in [0, 0.1) is 0 Å². The van der Waals surface area contributed by atoms with Gasteiger partial charge in [-0.15, -0.1) is 0 Å². The lowest BCUT2D eigenvalue weighted by Gasteiger charge is -2.11. The molecule has 1 rings (SSSR count). The van der Waals surface area contributed by atoms with Crippen molar-refractivity contribution < 1.29 is 26.4 Å². The van der Waals surface area contributed by atoms with E-state index in [9.17, 15) is 26.4 Å². The molecule has 118 valence electrons. The average molecular weight is 389 g/mol. The van der Waals surface area contributed by atoms with Crippen LogP contribution in [0.25, 0.3) is 0 Å². The maximum atomic E-state index is 12.6. The Bertz CT molecular complexity index is 632. The fourth-order valence-electron chi connectivity index (χ4n) is 1.37. The molecule has 21 heavy (non-hydrogen) atoms. The second-order valence-corrected chi connectivity index (χ2v) is 6.87. The number of carbonyl (C=O) groups is 1. The molecule has 0 spiro atoms. The van der Waals surface area contributed by atoms with Crippen molar-refractivity contribution >= 4 is 31.9 Å². The number of nitrogens with one attached hydrogen (secondary N) is 2. The molecule has 0 saturated heterocycles. The minimum absolute atomic E-state index is 0.185. The molecule has 10 heteroatoms. The van der Waals surface area contributed by atoms with Gasteiger partial charge in [0.15, 0.2) is 0 Å². The summed E-state index contributed by atoms with van der Waals surface area (Å²) in [4.78, 5) is 11.8. The Morgan fingerprint density at radius 1 is 1.33 bits per heavy atom. The number of rotatable bonds is 5. The van der Waals surface area contributed by atoms with Gasteiger partial charge in [0, 0.05) is 11.0 Å². The Balaban J connectivity index is 2.83. The van der Waals surface area contributed by atoms with Crippen LogP contribution in [0.4, 0.5) is 13.2 Å². The van der Waals surface area contributed by atoms with Crippen LogP contribution >= 0.6 is 15.9 Å². The van der Waals surface area contributed by atoms with Gasteiger partial charge < -0.3 is 5.32 Å². The average Bonchev–Trinajstić information content (AvgIpc) is 2.37. The Morgan fingerprint density at radius 3 is 2.48 bits per heavy atom. The number of amides is 1. The van der Waals surface area contributed by atoms with Gasteiger partial charge >= 0.3 is 6.18 Å². The summed E-state index contributed by atoms with van der Waals surface area (Å²) in [5.41, 5.74) is -1.18. The summed E-state index contributed by atoms with van der Waals surface area (Å²) in [5.74, 6) is -1.16.